The van der Waals surface area contributed by atoms with Gasteiger partial charge in [-0.05, 0) is 12.5 Å². The first-order valence-corrected chi connectivity index (χ1v) is 8.27. The number of carbonyl (C=O) groups excluding carboxylic acids is 2. The summed E-state index contributed by atoms with van der Waals surface area (Å²) < 4.78 is 6.66. The van der Waals surface area contributed by atoms with Crippen LogP contribution in [0.25, 0.3) is 10.1 Å². The van der Waals surface area contributed by atoms with E-state index in [2.05, 4.69) is 5.32 Å². The Morgan fingerprint density at radius 2 is 2.23 bits per heavy atom. The third-order valence-electron chi connectivity index (χ3n) is 4.32. The number of nitrogens with zero attached hydrogens (tertiary/aromatic N) is 1. The molecule has 1 N–H and O–H groups in total. The fourth-order valence-electron chi connectivity index (χ4n) is 3.20. The van der Waals surface area contributed by atoms with Crippen molar-refractivity contribution in [3.63, 3.8) is 0 Å². The van der Waals surface area contributed by atoms with Gasteiger partial charge in [-0.1, -0.05) is 18.2 Å². The van der Waals surface area contributed by atoms with Crippen LogP contribution in [0, 0.1) is 0 Å². The van der Waals surface area contributed by atoms with Gasteiger partial charge >= 0.3 is 0 Å². The summed E-state index contributed by atoms with van der Waals surface area (Å²) in [6.45, 7) is 1.31. The molecule has 2 atom stereocenters. The number of fused-ring (bicyclic) bond motifs is 2. The lowest BCUT2D eigenvalue weighted by molar-refractivity contribution is -0.139. The van der Waals surface area contributed by atoms with E-state index in [1.807, 2.05) is 34.5 Å². The van der Waals surface area contributed by atoms with Crippen molar-refractivity contribution in [1.29, 1.82) is 0 Å². The Balaban J connectivity index is 1.57. The molecule has 2 amide bonds. The maximum atomic E-state index is 12.8. The van der Waals surface area contributed by atoms with Crippen molar-refractivity contribution in [3.8, 4) is 0 Å². The topological polar surface area (TPSA) is 58.6 Å². The Hall–Kier alpha value is -1.92. The molecule has 4 rings (SSSR count). The monoisotopic (exact) mass is 316 g/mol. The standard InChI is InChI=1S/C16H16N2O3S/c19-15-8-21-13-5-6-18(7-12(13)17-15)16(20)11-9-22-14-4-2-1-3-10(11)14/h1-4,9,12-13H,5-8H2,(H,17,19)/t12-,13-/m0/s1. The van der Waals surface area contributed by atoms with Crippen LogP contribution in [0.5, 0.6) is 0 Å². The number of thiophene rings is 1. The van der Waals surface area contributed by atoms with E-state index in [4.69, 9.17) is 4.74 Å². The fraction of sp³-hybridized carbons (Fsp3) is 0.375. The Bertz CT molecular complexity index is 742. The van der Waals surface area contributed by atoms with Crippen molar-refractivity contribution in [2.75, 3.05) is 19.7 Å². The van der Waals surface area contributed by atoms with Gasteiger partial charge < -0.3 is 15.0 Å². The number of benzene rings is 1. The zero-order valence-corrected chi connectivity index (χ0v) is 12.8. The van der Waals surface area contributed by atoms with Crippen LogP contribution < -0.4 is 5.32 Å². The van der Waals surface area contributed by atoms with Crippen molar-refractivity contribution in [1.82, 2.24) is 10.2 Å². The molecule has 1 aromatic heterocycles. The summed E-state index contributed by atoms with van der Waals surface area (Å²) in [5.41, 5.74) is 0.752. The molecule has 0 saturated carbocycles. The van der Waals surface area contributed by atoms with Crippen LogP contribution in [-0.2, 0) is 9.53 Å². The molecular formula is C16H16N2O3S. The third-order valence-corrected chi connectivity index (χ3v) is 5.29. The van der Waals surface area contributed by atoms with Crippen molar-refractivity contribution in [2.45, 2.75) is 18.6 Å². The number of nitrogens with one attached hydrogen (secondary N) is 1. The number of hydrogen-bond acceptors (Lipinski definition) is 4. The molecule has 5 nitrogen and oxygen atoms in total. The first-order chi connectivity index (χ1) is 10.7. The molecule has 0 spiro atoms. The van der Waals surface area contributed by atoms with Crippen molar-refractivity contribution >= 4 is 33.2 Å². The van der Waals surface area contributed by atoms with Gasteiger partial charge in [0.05, 0.1) is 17.7 Å². The van der Waals surface area contributed by atoms with E-state index in [1.165, 1.54) is 0 Å². The first kappa shape index (κ1) is 13.7. The van der Waals surface area contributed by atoms with Crippen LogP contribution in [0.2, 0.25) is 0 Å². The maximum absolute atomic E-state index is 12.8. The van der Waals surface area contributed by atoms with Gasteiger partial charge in [0.25, 0.3) is 5.91 Å². The van der Waals surface area contributed by atoms with E-state index in [0.717, 1.165) is 22.1 Å². The van der Waals surface area contributed by atoms with Gasteiger partial charge in [0.15, 0.2) is 0 Å². The van der Waals surface area contributed by atoms with Crippen LogP contribution in [0.3, 0.4) is 0 Å². The lowest BCUT2D eigenvalue weighted by Gasteiger charge is -2.41. The summed E-state index contributed by atoms with van der Waals surface area (Å²) in [6.07, 6.45) is 0.791. The summed E-state index contributed by atoms with van der Waals surface area (Å²) in [5.74, 6) is -0.0627. The number of carbonyl (C=O) groups is 2. The summed E-state index contributed by atoms with van der Waals surface area (Å²) in [7, 11) is 0. The zero-order valence-electron chi connectivity index (χ0n) is 12.0. The largest absolute Gasteiger partial charge is 0.366 e. The first-order valence-electron chi connectivity index (χ1n) is 7.39. The molecule has 0 unspecified atom stereocenters. The molecule has 6 heteroatoms. The highest BCUT2D eigenvalue weighted by Crippen LogP contribution is 2.28. The SMILES string of the molecule is O=C1CO[C@H]2CCN(C(=O)c3csc4ccccc34)C[C@@H]2N1. The number of morpholine rings is 1. The van der Waals surface area contributed by atoms with Crippen LogP contribution in [-0.4, -0.2) is 48.6 Å². The Labute approximate surface area is 131 Å². The molecule has 2 fully saturated rings. The second-order valence-electron chi connectivity index (χ2n) is 5.71. The van der Waals surface area contributed by atoms with Gasteiger partial charge in [0.1, 0.15) is 6.61 Å². The minimum Gasteiger partial charge on any atom is -0.366 e. The molecular weight excluding hydrogens is 300 g/mol. The lowest BCUT2D eigenvalue weighted by atomic mass is 9.99. The summed E-state index contributed by atoms with van der Waals surface area (Å²) in [6, 6.07) is 7.85. The molecule has 2 saturated heterocycles. The second-order valence-corrected chi connectivity index (χ2v) is 6.62. The molecule has 114 valence electrons. The minimum absolute atomic E-state index is 0.0287. The molecule has 1 aromatic carbocycles. The normalized spacial score (nSPS) is 24.9. The van der Waals surface area contributed by atoms with Crippen molar-refractivity contribution in [3.05, 3.63) is 35.2 Å². The molecule has 2 aliphatic rings. The van der Waals surface area contributed by atoms with E-state index in [-0.39, 0.29) is 30.6 Å². The quantitative estimate of drug-likeness (QED) is 0.870. The van der Waals surface area contributed by atoms with Gasteiger partial charge in [-0.2, -0.15) is 0 Å². The van der Waals surface area contributed by atoms with E-state index in [9.17, 15) is 9.59 Å². The smallest absolute Gasteiger partial charge is 0.255 e. The van der Waals surface area contributed by atoms with E-state index >= 15 is 0 Å². The minimum atomic E-state index is -0.100. The number of ether oxygens (including phenoxy) is 1. The number of likely N-dealkylation sites (tertiary alicyclic amines) is 1. The lowest BCUT2D eigenvalue weighted by Crippen LogP contribution is -2.61. The van der Waals surface area contributed by atoms with Crippen LogP contribution in [0.15, 0.2) is 29.6 Å². The summed E-state index contributed by atoms with van der Waals surface area (Å²) in [4.78, 5) is 26.1. The highest BCUT2D eigenvalue weighted by Gasteiger charge is 2.36. The van der Waals surface area contributed by atoms with E-state index < -0.39 is 0 Å². The number of amides is 2. The van der Waals surface area contributed by atoms with E-state index in [1.54, 1.807) is 11.3 Å². The van der Waals surface area contributed by atoms with Gasteiger partial charge in [-0.15, -0.1) is 11.3 Å². The second kappa shape index (κ2) is 5.37. The zero-order chi connectivity index (χ0) is 15.1. The summed E-state index contributed by atoms with van der Waals surface area (Å²) in [5, 5.41) is 5.86. The van der Waals surface area contributed by atoms with E-state index in [0.29, 0.717) is 13.1 Å². The van der Waals surface area contributed by atoms with Crippen LogP contribution >= 0.6 is 11.3 Å². The van der Waals surface area contributed by atoms with Crippen molar-refractivity contribution in [2.24, 2.45) is 0 Å². The predicted octanol–water partition coefficient (Wildman–Crippen LogP) is 1.63. The van der Waals surface area contributed by atoms with Crippen LogP contribution in [0.4, 0.5) is 0 Å². The fourth-order valence-corrected chi connectivity index (χ4v) is 4.13. The molecule has 2 aliphatic heterocycles. The number of rotatable bonds is 1. The van der Waals surface area contributed by atoms with Gasteiger partial charge in [0, 0.05) is 28.6 Å². The highest BCUT2D eigenvalue weighted by atomic mass is 32.1. The number of hydrogen-bond donors (Lipinski definition) is 1. The molecule has 0 bridgehead atoms. The maximum Gasteiger partial charge on any atom is 0.255 e. The molecule has 3 heterocycles. The molecule has 0 aliphatic carbocycles. The summed E-state index contributed by atoms with van der Waals surface area (Å²) >= 11 is 1.59. The van der Waals surface area contributed by atoms with Gasteiger partial charge in [-0.3, -0.25) is 9.59 Å². The Kier molecular flexibility index (Phi) is 3.35. The number of piperidine rings is 1. The van der Waals surface area contributed by atoms with Gasteiger partial charge in [-0.25, -0.2) is 0 Å². The average molecular weight is 316 g/mol. The third kappa shape index (κ3) is 2.28. The van der Waals surface area contributed by atoms with Gasteiger partial charge in [0.2, 0.25) is 5.91 Å². The van der Waals surface area contributed by atoms with Crippen molar-refractivity contribution < 1.29 is 14.3 Å². The highest BCUT2D eigenvalue weighted by molar-refractivity contribution is 7.17. The Morgan fingerprint density at radius 3 is 3.14 bits per heavy atom. The molecule has 2 aromatic rings. The Morgan fingerprint density at radius 1 is 1.36 bits per heavy atom. The average Bonchev–Trinajstić information content (AvgIpc) is 2.97. The molecule has 22 heavy (non-hydrogen) atoms. The molecule has 0 radical (unpaired) electrons. The predicted molar refractivity (Wildman–Crippen MR) is 84.0 cm³/mol. The van der Waals surface area contributed by atoms with Crippen LogP contribution in [0.1, 0.15) is 16.8 Å².